The normalized spacial score (nSPS) is 12.8. The fourth-order valence-corrected chi connectivity index (χ4v) is 10.6. The molecule has 4 nitrogen and oxygen atoms in total. The lowest BCUT2D eigenvalue weighted by Gasteiger charge is -2.21. The van der Waals surface area contributed by atoms with Crippen LogP contribution in [0.1, 0.15) is 343 Å². The quantitative estimate of drug-likeness (QED) is 0.0371. The number of hydrogen-bond donors (Lipinski definition) is 0. The van der Waals surface area contributed by atoms with E-state index in [0.29, 0.717) is 12.3 Å². The molecule has 1 rings (SSSR count). The van der Waals surface area contributed by atoms with Gasteiger partial charge in [-0.05, 0) is 56.3 Å². The summed E-state index contributed by atoms with van der Waals surface area (Å²) in [6.45, 7) is 15.9. The number of rotatable bonds is 54. The first-order valence-corrected chi connectivity index (χ1v) is 31.1. The number of aromatic nitrogens is 2. The van der Waals surface area contributed by atoms with Crippen LogP contribution in [0.5, 0.6) is 0 Å². The Morgan fingerprint density at radius 2 is 0.836 bits per heavy atom. The van der Waals surface area contributed by atoms with E-state index in [0.717, 1.165) is 44.2 Å². The van der Waals surface area contributed by atoms with Gasteiger partial charge in [-0.2, -0.15) is 0 Å². The molecule has 0 bridgehead atoms. The number of hydrogen-bond acceptors (Lipinski definition) is 2. The number of carbonyl (C=O) groups excluding carboxylic acids is 1. The van der Waals surface area contributed by atoms with Gasteiger partial charge in [0.05, 0.1) is 13.1 Å². The molecule has 2 unspecified atom stereocenters. The lowest BCUT2D eigenvalue weighted by molar-refractivity contribution is -0.696. The lowest BCUT2D eigenvalue weighted by Crippen LogP contribution is -2.31. The van der Waals surface area contributed by atoms with Gasteiger partial charge in [0.2, 0.25) is 6.33 Å². The molecule has 0 saturated carbocycles. The molecule has 0 radical (unpaired) electrons. The smallest absolute Gasteiger partial charge is 0.306 e. The van der Waals surface area contributed by atoms with Crippen LogP contribution in [0, 0.1) is 17.8 Å². The molecule has 1 aromatic rings. The third kappa shape index (κ3) is 44.4. The maximum Gasteiger partial charge on any atom is 0.306 e. The first kappa shape index (κ1) is 63.7. The molecule has 0 aliphatic heterocycles. The topological polar surface area (TPSA) is 35.1 Å². The van der Waals surface area contributed by atoms with E-state index in [2.05, 4.69) is 69.4 Å². The van der Waals surface area contributed by atoms with E-state index < -0.39 is 0 Å². The van der Waals surface area contributed by atoms with E-state index in [1.54, 1.807) is 0 Å². The number of aryl methyl sites for hydroxylation is 2. The molecule has 2 atom stereocenters. The Kier molecular flexibility index (Phi) is 47.2. The molecule has 0 aliphatic carbocycles. The van der Waals surface area contributed by atoms with Gasteiger partial charge in [0.25, 0.3) is 0 Å². The fourth-order valence-electron chi connectivity index (χ4n) is 10.6. The summed E-state index contributed by atoms with van der Waals surface area (Å²) in [6.07, 6.45) is 70.6. The molecule has 0 aromatic carbocycles. The monoisotopic (exact) mass is 940 g/mol. The average molecular weight is 941 g/mol. The predicted octanol–water partition coefficient (Wildman–Crippen LogP) is 21.0. The molecule has 67 heavy (non-hydrogen) atoms. The highest BCUT2D eigenvalue weighted by Gasteiger charge is 2.18. The zero-order valence-electron chi connectivity index (χ0n) is 46.9. The summed E-state index contributed by atoms with van der Waals surface area (Å²) in [5.41, 5.74) is 0. The minimum atomic E-state index is 0.0216. The summed E-state index contributed by atoms with van der Waals surface area (Å²) >= 11 is 0. The number of nitrogens with zero attached hydrogens (tertiary/aromatic N) is 2. The summed E-state index contributed by atoms with van der Waals surface area (Å²) in [7, 11) is 0. The highest BCUT2D eigenvalue weighted by molar-refractivity contribution is 5.69. The maximum absolute atomic E-state index is 13.2. The minimum Gasteiger partial charge on any atom is -0.462 e. The lowest BCUT2D eigenvalue weighted by atomic mass is 9.89. The number of imidazole rings is 1. The van der Waals surface area contributed by atoms with Crippen LogP contribution < -0.4 is 4.57 Å². The van der Waals surface area contributed by atoms with E-state index in [9.17, 15) is 4.79 Å². The van der Waals surface area contributed by atoms with E-state index in [-0.39, 0.29) is 12.1 Å². The minimum absolute atomic E-state index is 0.0216. The van der Waals surface area contributed by atoms with Crippen LogP contribution in [-0.4, -0.2) is 16.6 Å². The molecule has 0 aliphatic rings. The molecule has 396 valence electrons. The van der Waals surface area contributed by atoms with Gasteiger partial charge in [0.15, 0.2) is 0 Å². The highest BCUT2D eigenvalue weighted by Crippen LogP contribution is 2.27. The number of ether oxygens (including phenoxy) is 1. The van der Waals surface area contributed by atoms with Crippen molar-refractivity contribution in [3.63, 3.8) is 0 Å². The second-order valence-electron chi connectivity index (χ2n) is 22.8. The summed E-state index contributed by atoms with van der Waals surface area (Å²) in [5, 5.41) is 0. The van der Waals surface area contributed by atoms with Crippen LogP contribution in [0.3, 0.4) is 0 Å². The van der Waals surface area contributed by atoms with Gasteiger partial charge in [-0.15, -0.1) is 0 Å². The number of unbranched alkanes of at least 4 members (excludes halogenated alkanes) is 32. The van der Waals surface area contributed by atoms with Gasteiger partial charge in [0.1, 0.15) is 18.5 Å². The van der Waals surface area contributed by atoms with Gasteiger partial charge in [0, 0.05) is 6.42 Å². The van der Waals surface area contributed by atoms with Gasteiger partial charge in [-0.25, -0.2) is 9.13 Å². The molecule has 4 heteroatoms. The summed E-state index contributed by atoms with van der Waals surface area (Å²) in [6, 6.07) is 0. The summed E-state index contributed by atoms with van der Waals surface area (Å²) in [5.74, 6) is 2.39. The van der Waals surface area contributed by atoms with Gasteiger partial charge < -0.3 is 4.74 Å². The second kappa shape index (κ2) is 49.7. The maximum atomic E-state index is 13.2. The van der Waals surface area contributed by atoms with Gasteiger partial charge in [-0.3, -0.25) is 4.79 Å². The van der Waals surface area contributed by atoms with Crippen molar-refractivity contribution in [3.8, 4) is 0 Å². The van der Waals surface area contributed by atoms with Crippen molar-refractivity contribution in [2.24, 2.45) is 17.8 Å². The van der Waals surface area contributed by atoms with Crippen LogP contribution in [0.25, 0.3) is 0 Å². The van der Waals surface area contributed by atoms with Crippen LogP contribution in [0.4, 0.5) is 0 Å². The molecule has 0 fully saturated rings. The molecule has 0 saturated heterocycles. The highest BCUT2D eigenvalue weighted by atomic mass is 16.5. The van der Waals surface area contributed by atoms with Crippen LogP contribution in [0.15, 0.2) is 18.7 Å². The van der Waals surface area contributed by atoms with Crippen molar-refractivity contribution < 1.29 is 14.1 Å². The van der Waals surface area contributed by atoms with Crippen LogP contribution >= 0.6 is 0 Å². The molecule has 1 aromatic heterocycles. The fraction of sp³-hybridized carbons (Fsp3) is 0.937. The van der Waals surface area contributed by atoms with Gasteiger partial charge in [-0.1, -0.05) is 298 Å². The SMILES string of the molecule is CCCCCCCCCCCCCCCCCCC(CCCCCCCCCCCCCCCCCC)CCCCC(CCC(C)CCCC(C)C)OC(=O)CCC[n+]1ccn(CCCC)c1. The van der Waals surface area contributed by atoms with Crippen molar-refractivity contribution in [2.75, 3.05) is 0 Å². The first-order valence-electron chi connectivity index (χ1n) is 31.1. The Hall–Kier alpha value is -1.32. The van der Waals surface area contributed by atoms with Crippen molar-refractivity contribution in [1.29, 1.82) is 0 Å². The van der Waals surface area contributed by atoms with Crippen molar-refractivity contribution in [2.45, 2.75) is 363 Å². The van der Waals surface area contributed by atoms with Crippen molar-refractivity contribution >= 4 is 5.97 Å². The van der Waals surface area contributed by atoms with E-state index >= 15 is 0 Å². The number of carbonyl (C=O) groups is 1. The predicted molar refractivity (Wildman–Crippen MR) is 296 cm³/mol. The average Bonchev–Trinajstić information content (AvgIpc) is 3.77. The van der Waals surface area contributed by atoms with Crippen LogP contribution in [0.2, 0.25) is 0 Å². The molecule has 0 N–H and O–H groups in total. The standard InChI is InChI=1S/C63H123N2O2/c1-7-10-13-15-17-19-21-23-25-27-29-31-33-35-37-39-47-61(48-40-38-36-34-32-30-28-26-24-22-20-18-16-14-11-8-2)49-41-42-50-62(53-52-60(6)46-43-45-59(4)5)67-63(66)51-44-55-65-57-56-64(58-65)54-12-9-3/h56-62H,7-55H2,1-6H3/q+1. The van der Waals surface area contributed by atoms with Crippen molar-refractivity contribution in [1.82, 2.24) is 4.57 Å². The molecular weight excluding hydrogens is 817 g/mol. The number of esters is 1. The molecule has 0 spiro atoms. The third-order valence-corrected chi connectivity index (χ3v) is 15.4. The first-order chi connectivity index (χ1) is 32.9. The van der Waals surface area contributed by atoms with Crippen LogP contribution in [-0.2, 0) is 22.6 Å². The Balaban J connectivity index is 2.51. The Morgan fingerprint density at radius 3 is 1.27 bits per heavy atom. The molecule has 1 heterocycles. The molecular formula is C63H123N2O2+. The van der Waals surface area contributed by atoms with E-state index in [1.807, 2.05) is 0 Å². The Labute approximate surface area is 421 Å². The second-order valence-corrected chi connectivity index (χ2v) is 22.8. The molecule has 0 amide bonds. The van der Waals surface area contributed by atoms with Gasteiger partial charge >= 0.3 is 5.97 Å². The van der Waals surface area contributed by atoms with E-state index in [4.69, 9.17) is 4.74 Å². The third-order valence-electron chi connectivity index (χ3n) is 15.4. The largest absolute Gasteiger partial charge is 0.462 e. The zero-order chi connectivity index (χ0) is 48.5. The zero-order valence-corrected chi connectivity index (χ0v) is 46.9. The Morgan fingerprint density at radius 1 is 0.433 bits per heavy atom. The summed E-state index contributed by atoms with van der Waals surface area (Å²) in [4.78, 5) is 13.2. The summed E-state index contributed by atoms with van der Waals surface area (Å²) < 4.78 is 10.8. The van der Waals surface area contributed by atoms with Crippen molar-refractivity contribution in [3.05, 3.63) is 18.7 Å². The van der Waals surface area contributed by atoms with E-state index in [1.165, 1.54) is 276 Å². The Bertz CT molecular complexity index is 1090.